The van der Waals surface area contributed by atoms with Crippen LogP contribution in [0.1, 0.15) is 102 Å². The highest BCUT2D eigenvalue weighted by molar-refractivity contribution is 6.11. The van der Waals surface area contributed by atoms with E-state index in [0.717, 1.165) is 48.1 Å². The molecule has 43 heavy (non-hydrogen) atoms. The fraction of sp³-hybridized carbons (Fsp3) is 0.361. The summed E-state index contributed by atoms with van der Waals surface area (Å²) in [6.45, 7) is 9.10. The van der Waals surface area contributed by atoms with Crippen LogP contribution in [0.3, 0.4) is 0 Å². The summed E-state index contributed by atoms with van der Waals surface area (Å²) < 4.78 is 17.5. The molecule has 7 nitrogen and oxygen atoms in total. The summed E-state index contributed by atoms with van der Waals surface area (Å²) in [6, 6.07) is 17.2. The Morgan fingerprint density at radius 1 is 0.837 bits per heavy atom. The van der Waals surface area contributed by atoms with Crippen LogP contribution in [0.5, 0.6) is 5.75 Å². The largest absolute Gasteiger partial charge is 0.494 e. The molecule has 0 saturated heterocycles. The van der Waals surface area contributed by atoms with Gasteiger partial charge in [-0.05, 0) is 91.9 Å². The van der Waals surface area contributed by atoms with Crippen LogP contribution in [0.15, 0.2) is 69.9 Å². The minimum atomic E-state index is -0.717. The highest BCUT2D eigenvalue weighted by atomic mass is 16.5. The van der Waals surface area contributed by atoms with Gasteiger partial charge in [-0.3, -0.25) is 14.5 Å². The van der Waals surface area contributed by atoms with E-state index in [1.54, 1.807) is 29.2 Å². The fourth-order valence-electron chi connectivity index (χ4n) is 5.43. The van der Waals surface area contributed by atoms with E-state index in [9.17, 15) is 14.4 Å². The number of anilines is 1. The number of esters is 1. The molecule has 0 fully saturated rings. The van der Waals surface area contributed by atoms with Crippen molar-refractivity contribution in [3.05, 3.63) is 104 Å². The molecule has 5 rings (SSSR count). The first-order valence-corrected chi connectivity index (χ1v) is 15.3. The number of unbranched alkanes of at least 4 members (excludes halogenated alkanes) is 4. The van der Waals surface area contributed by atoms with Gasteiger partial charge >= 0.3 is 5.97 Å². The van der Waals surface area contributed by atoms with E-state index in [-0.39, 0.29) is 11.2 Å². The van der Waals surface area contributed by atoms with E-state index in [1.165, 1.54) is 12.8 Å². The highest BCUT2D eigenvalue weighted by Crippen LogP contribution is 2.42. The standard InChI is InChI=1S/C36H39NO6/c1-5-7-9-10-20-41-28-17-13-25(14-18-28)32-31-33(38)29-21-23(3)24(4)22-30(29)43-34(31)35(39)37(32)27-15-11-26(12-16-27)36(40)42-19-8-6-2/h11-18,21-22,32H,5-10,19-20H2,1-4H3. The zero-order valence-corrected chi connectivity index (χ0v) is 25.4. The summed E-state index contributed by atoms with van der Waals surface area (Å²) in [5.41, 5.74) is 4.09. The van der Waals surface area contributed by atoms with Gasteiger partial charge in [0.2, 0.25) is 5.76 Å². The lowest BCUT2D eigenvalue weighted by Gasteiger charge is -2.25. The minimum Gasteiger partial charge on any atom is -0.494 e. The number of aryl methyl sites for hydroxylation is 2. The predicted octanol–water partition coefficient (Wildman–Crippen LogP) is 8.08. The Morgan fingerprint density at radius 3 is 2.23 bits per heavy atom. The second-order valence-corrected chi connectivity index (χ2v) is 11.2. The van der Waals surface area contributed by atoms with Crippen molar-refractivity contribution in [3.8, 4) is 5.75 Å². The monoisotopic (exact) mass is 581 g/mol. The first-order chi connectivity index (χ1) is 20.8. The number of carbonyl (C=O) groups is 2. The number of nitrogens with zero attached hydrogens (tertiary/aromatic N) is 1. The lowest BCUT2D eigenvalue weighted by Crippen LogP contribution is -2.29. The molecule has 3 aromatic carbocycles. The van der Waals surface area contributed by atoms with Gasteiger partial charge in [-0.2, -0.15) is 0 Å². The van der Waals surface area contributed by atoms with Gasteiger partial charge < -0.3 is 13.9 Å². The van der Waals surface area contributed by atoms with E-state index in [2.05, 4.69) is 6.92 Å². The third kappa shape index (κ3) is 6.21. The second kappa shape index (κ2) is 13.3. The second-order valence-electron chi connectivity index (χ2n) is 11.2. The molecule has 4 aromatic rings. The maximum Gasteiger partial charge on any atom is 0.338 e. The van der Waals surface area contributed by atoms with Crippen LogP contribution < -0.4 is 15.1 Å². The molecular formula is C36H39NO6. The number of rotatable bonds is 12. The topological polar surface area (TPSA) is 86.0 Å². The molecular weight excluding hydrogens is 542 g/mol. The van der Waals surface area contributed by atoms with Crippen LogP contribution in [0.25, 0.3) is 11.0 Å². The van der Waals surface area contributed by atoms with Gasteiger partial charge in [0, 0.05) is 5.69 Å². The maximum absolute atomic E-state index is 14.0. The van der Waals surface area contributed by atoms with Crippen molar-refractivity contribution in [1.29, 1.82) is 0 Å². The molecule has 0 spiro atoms. The number of carbonyl (C=O) groups excluding carboxylic acids is 2. The van der Waals surface area contributed by atoms with Gasteiger partial charge in [0.1, 0.15) is 11.3 Å². The van der Waals surface area contributed by atoms with Gasteiger partial charge in [0.05, 0.1) is 35.8 Å². The van der Waals surface area contributed by atoms with Crippen LogP contribution in [-0.2, 0) is 4.74 Å². The Hall–Kier alpha value is -4.39. The van der Waals surface area contributed by atoms with Crippen LogP contribution >= 0.6 is 0 Å². The summed E-state index contributed by atoms with van der Waals surface area (Å²) in [6.07, 6.45) is 6.19. The van der Waals surface area contributed by atoms with Crippen molar-refractivity contribution in [1.82, 2.24) is 0 Å². The molecule has 1 aliphatic heterocycles. The first kappa shape index (κ1) is 30.1. The Morgan fingerprint density at radius 2 is 1.53 bits per heavy atom. The zero-order chi connectivity index (χ0) is 30.5. The molecule has 1 amide bonds. The van der Waals surface area contributed by atoms with Crippen molar-refractivity contribution in [3.63, 3.8) is 0 Å². The Labute approximate surface area is 252 Å². The minimum absolute atomic E-state index is 0.0325. The zero-order valence-electron chi connectivity index (χ0n) is 25.4. The Bertz CT molecular complexity index is 1670. The SMILES string of the molecule is CCCCCCOc1ccc(C2c3c(oc4cc(C)c(C)cc4c3=O)C(=O)N2c2ccc(C(=O)OCCCC)cc2)cc1. The van der Waals surface area contributed by atoms with Crippen molar-refractivity contribution in [2.45, 2.75) is 72.3 Å². The summed E-state index contributed by atoms with van der Waals surface area (Å²) in [4.78, 5) is 42.1. The quantitative estimate of drug-likeness (QED) is 0.124. The van der Waals surface area contributed by atoms with E-state index < -0.39 is 17.9 Å². The van der Waals surface area contributed by atoms with Gasteiger partial charge in [-0.1, -0.05) is 51.7 Å². The first-order valence-electron chi connectivity index (χ1n) is 15.3. The smallest absolute Gasteiger partial charge is 0.338 e. The molecule has 0 aliphatic carbocycles. The molecule has 224 valence electrons. The van der Waals surface area contributed by atoms with E-state index in [1.807, 2.05) is 57.2 Å². The van der Waals surface area contributed by atoms with Crippen LogP contribution in [0, 0.1) is 13.8 Å². The number of hydrogen-bond acceptors (Lipinski definition) is 6. The summed E-state index contributed by atoms with van der Waals surface area (Å²) >= 11 is 0. The van der Waals surface area contributed by atoms with Crippen LogP contribution in [0.4, 0.5) is 5.69 Å². The Kier molecular flexibility index (Phi) is 9.29. The van der Waals surface area contributed by atoms with E-state index in [4.69, 9.17) is 13.9 Å². The molecule has 1 atom stereocenters. The molecule has 1 aliphatic rings. The van der Waals surface area contributed by atoms with Crippen molar-refractivity contribution in [2.24, 2.45) is 0 Å². The summed E-state index contributed by atoms with van der Waals surface area (Å²) in [5, 5.41) is 0.443. The summed E-state index contributed by atoms with van der Waals surface area (Å²) in [5.74, 6) is -0.0533. The molecule has 0 saturated carbocycles. The molecule has 7 heteroatoms. The number of ether oxygens (including phenoxy) is 2. The molecule has 1 aromatic heterocycles. The molecule has 1 unspecified atom stereocenters. The summed E-state index contributed by atoms with van der Waals surface area (Å²) in [7, 11) is 0. The molecule has 0 bridgehead atoms. The number of fused-ring (bicyclic) bond motifs is 2. The van der Waals surface area contributed by atoms with Gasteiger partial charge in [-0.25, -0.2) is 4.79 Å². The van der Waals surface area contributed by atoms with Gasteiger partial charge in [0.25, 0.3) is 5.91 Å². The molecule has 0 N–H and O–H groups in total. The lowest BCUT2D eigenvalue weighted by molar-refractivity contribution is 0.0499. The van der Waals surface area contributed by atoms with E-state index >= 15 is 0 Å². The highest BCUT2D eigenvalue weighted by Gasteiger charge is 2.43. The van der Waals surface area contributed by atoms with Crippen LogP contribution in [0.2, 0.25) is 0 Å². The predicted molar refractivity (Wildman–Crippen MR) is 168 cm³/mol. The van der Waals surface area contributed by atoms with Crippen LogP contribution in [-0.4, -0.2) is 25.1 Å². The Balaban J connectivity index is 1.53. The third-order valence-corrected chi connectivity index (χ3v) is 8.06. The average Bonchev–Trinajstić information content (AvgIpc) is 3.30. The third-order valence-electron chi connectivity index (χ3n) is 8.06. The van der Waals surface area contributed by atoms with Gasteiger partial charge in [-0.15, -0.1) is 0 Å². The fourth-order valence-corrected chi connectivity index (χ4v) is 5.43. The number of amides is 1. The number of hydrogen-bond donors (Lipinski definition) is 0. The number of benzene rings is 3. The van der Waals surface area contributed by atoms with Crippen molar-refractivity contribution in [2.75, 3.05) is 18.1 Å². The van der Waals surface area contributed by atoms with Crippen molar-refractivity contribution < 1.29 is 23.5 Å². The lowest BCUT2D eigenvalue weighted by atomic mass is 9.97. The van der Waals surface area contributed by atoms with E-state index in [0.29, 0.717) is 41.0 Å². The molecule has 2 heterocycles. The molecule has 0 radical (unpaired) electrons. The normalized spacial score (nSPS) is 14.3. The average molecular weight is 582 g/mol. The maximum atomic E-state index is 14.0. The van der Waals surface area contributed by atoms with Crippen molar-refractivity contribution >= 4 is 28.5 Å². The van der Waals surface area contributed by atoms with Gasteiger partial charge in [0.15, 0.2) is 5.43 Å².